The fraction of sp³-hybridized carbons (Fsp3) is 0.929. The molecule has 0 bridgehead atoms. The third-order valence-electron chi connectivity index (χ3n) is 3.76. The monoisotopic (exact) mass is 270 g/mol. The molecule has 1 aliphatic heterocycles. The number of piperazine rings is 1. The van der Waals surface area contributed by atoms with E-state index in [4.69, 9.17) is 5.73 Å². The summed E-state index contributed by atoms with van der Waals surface area (Å²) in [4.78, 5) is 18.9. The maximum Gasteiger partial charge on any atom is 0.236 e. The molecule has 0 aromatic rings. The summed E-state index contributed by atoms with van der Waals surface area (Å²) in [7, 11) is 2.11. The molecule has 0 saturated carbocycles. The van der Waals surface area contributed by atoms with Crippen LogP contribution in [0, 0.1) is 0 Å². The topological polar surface area (TPSA) is 52.8 Å². The van der Waals surface area contributed by atoms with Crippen molar-refractivity contribution in [1.82, 2.24) is 14.7 Å². The summed E-state index contributed by atoms with van der Waals surface area (Å²) in [5.74, 6) is 0.256. The van der Waals surface area contributed by atoms with Gasteiger partial charge in [-0.05, 0) is 19.9 Å². The number of rotatable bonds is 7. The van der Waals surface area contributed by atoms with Crippen molar-refractivity contribution in [2.24, 2.45) is 5.73 Å². The van der Waals surface area contributed by atoms with Gasteiger partial charge in [-0.3, -0.25) is 9.69 Å². The fourth-order valence-corrected chi connectivity index (χ4v) is 2.65. The van der Waals surface area contributed by atoms with Crippen LogP contribution >= 0.6 is 0 Å². The molecule has 0 aromatic carbocycles. The highest BCUT2D eigenvalue weighted by molar-refractivity contribution is 5.78. The molecule has 1 saturated heterocycles. The number of nitrogens with two attached hydrogens (primary N) is 1. The van der Waals surface area contributed by atoms with Crippen LogP contribution < -0.4 is 5.73 Å². The van der Waals surface area contributed by atoms with Crippen LogP contribution in [0.4, 0.5) is 0 Å². The quantitative estimate of drug-likeness (QED) is 0.718. The van der Waals surface area contributed by atoms with Gasteiger partial charge < -0.3 is 15.5 Å². The molecule has 2 N–H and O–H groups in total. The molecule has 1 heterocycles. The van der Waals surface area contributed by atoms with Crippen molar-refractivity contribution in [3.05, 3.63) is 0 Å². The Balaban J connectivity index is 2.53. The number of carbonyl (C=O) groups excluding carboxylic acids is 1. The van der Waals surface area contributed by atoms with Crippen molar-refractivity contribution in [3.63, 3.8) is 0 Å². The van der Waals surface area contributed by atoms with E-state index in [0.717, 1.165) is 45.6 Å². The van der Waals surface area contributed by atoms with Gasteiger partial charge in [-0.25, -0.2) is 0 Å². The molecular formula is C14H30N4O. The van der Waals surface area contributed by atoms with E-state index >= 15 is 0 Å². The second-order valence-corrected chi connectivity index (χ2v) is 5.50. The standard InChI is InChI=1S/C14H30N4O/c1-4-6-17(7-5-2)14(19)12-18-9-8-16(3)11-13(18)10-15/h13H,4-12,15H2,1-3H3. The van der Waals surface area contributed by atoms with Crippen LogP contribution in [0.5, 0.6) is 0 Å². The van der Waals surface area contributed by atoms with E-state index < -0.39 is 0 Å². The second-order valence-electron chi connectivity index (χ2n) is 5.50. The van der Waals surface area contributed by atoms with Gasteiger partial charge in [-0.1, -0.05) is 13.8 Å². The third kappa shape index (κ3) is 5.09. The van der Waals surface area contributed by atoms with Gasteiger partial charge in [0.05, 0.1) is 6.54 Å². The number of nitrogens with zero attached hydrogens (tertiary/aromatic N) is 3. The zero-order valence-electron chi connectivity index (χ0n) is 12.8. The molecule has 1 atom stereocenters. The third-order valence-corrected chi connectivity index (χ3v) is 3.76. The maximum atomic E-state index is 12.4. The largest absolute Gasteiger partial charge is 0.342 e. The van der Waals surface area contributed by atoms with Gasteiger partial charge in [0.2, 0.25) is 5.91 Å². The predicted octanol–water partition coefficient (Wildman–Crippen LogP) is 0.210. The lowest BCUT2D eigenvalue weighted by molar-refractivity contribution is -0.133. The minimum absolute atomic E-state index is 0.256. The summed E-state index contributed by atoms with van der Waals surface area (Å²) in [6, 6.07) is 0.313. The molecule has 1 amide bonds. The van der Waals surface area contributed by atoms with Crippen LogP contribution in [0.25, 0.3) is 0 Å². The first-order valence-electron chi connectivity index (χ1n) is 7.52. The lowest BCUT2D eigenvalue weighted by atomic mass is 10.1. The zero-order valence-corrected chi connectivity index (χ0v) is 12.8. The molecule has 1 rings (SSSR count). The molecule has 5 heteroatoms. The fourth-order valence-electron chi connectivity index (χ4n) is 2.65. The van der Waals surface area contributed by atoms with E-state index in [0.29, 0.717) is 19.1 Å². The minimum atomic E-state index is 0.256. The highest BCUT2D eigenvalue weighted by atomic mass is 16.2. The Bertz CT molecular complexity index is 266. The molecule has 1 unspecified atom stereocenters. The number of likely N-dealkylation sites (N-methyl/N-ethyl adjacent to an activating group) is 1. The van der Waals surface area contributed by atoms with Crippen LogP contribution in [-0.2, 0) is 4.79 Å². The van der Waals surface area contributed by atoms with Gasteiger partial charge >= 0.3 is 0 Å². The molecule has 0 radical (unpaired) electrons. The minimum Gasteiger partial charge on any atom is -0.342 e. The first-order valence-corrected chi connectivity index (χ1v) is 7.52. The Labute approximate surface area is 117 Å². The molecule has 0 aromatic heterocycles. The average Bonchev–Trinajstić information content (AvgIpc) is 2.40. The van der Waals surface area contributed by atoms with Crippen LogP contribution in [0.15, 0.2) is 0 Å². The summed E-state index contributed by atoms with van der Waals surface area (Å²) < 4.78 is 0. The van der Waals surface area contributed by atoms with E-state index in [-0.39, 0.29) is 5.91 Å². The Morgan fingerprint density at radius 2 is 1.89 bits per heavy atom. The van der Waals surface area contributed by atoms with Gasteiger partial charge in [0, 0.05) is 45.3 Å². The predicted molar refractivity (Wildman–Crippen MR) is 79.1 cm³/mol. The highest BCUT2D eigenvalue weighted by Crippen LogP contribution is 2.08. The van der Waals surface area contributed by atoms with Gasteiger partial charge in [0.25, 0.3) is 0 Å². The van der Waals surface area contributed by atoms with Gasteiger partial charge in [-0.15, -0.1) is 0 Å². The molecule has 0 aliphatic carbocycles. The smallest absolute Gasteiger partial charge is 0.236 e. The van der Waals surface area contributed by atoms with Crippen molar-refractivity contribution in [3.8, 4) is 0 Å². The van der Waals surface area contributed by atoms with Crippen molar-refractivity contribution in [1.29, 1.82) is 0 Å². The van der Waals surface area contributed by atoms with E-state index in [2.05, 4.69) is 30.7 Å². The van der Waals surface area contributed by atoms with E-state index in [1.165, 1.54) is 0 Å². The van der Waals surface area contributed by atoms with E-state index in [9.17, 15) is 4.79 Å². The number of hydrogen-bond acceptors (Lipinski definition) is 4. The normalized spacial score (nSPS) is 21.6. The Morgan fingerprint density at radius 1 is 1.26 bits per heavy atom. The van der Waals surface area contributed by atoms with Crippen molar-refractivity contribution in [2.45, 2.75) is 32.7 Å². The number of carbonyl (C=O) groups is 1. The lowest BCUT2D eigenvalue weighted by Gasteiger charge is -2.39. The van der Waals surface area contributed by atoms with Crippen LogP contribution in [0.3, 0.4) is 0 Å². The molecule has 112 valence electrons. The van der Waals surface area contributed by atoms with Crippen LogP contribution in [0.2, 0.25) is 0 Å². The second kappa shape index (κ2) is 8.51. The zero-order chi connectivity index (χ0) is 14.3. The number of amides is 1. The lowest BCUT2D eigenvalue weighted by Crippen LogP contribution is -2.57. The molecule has 5 nitrogen and oxygen atoms in total. The first-order chi connectivity index (χ1) is 9.12. The highest BCUT2D eigenvalue weighted by Gasteiger charge is 2.26. The van der Waals surface area contributed by atoms with Crippen LogP contribution in [0.1, 0.15) is 26.7 Å². The number of hydrogen-bond donors (Lipinski definition) is 1. The van der Waals surface area contributed by atoms with Gasteiger partial charge in [0.1, 0.15) is 0 Å². The molecule has 1 aliphatic rings. The van der Waals surface area contributed by atoms with Gasteiger partial charge in [0.15, 0.2) is 0 Å². The molecule has 1 fully saturated rings. The molecule has 0 spiro atoms. The summed E-state index contributed by atoms with van der Waals surface area (Å²) in [6.07, 6.45) is 2.05. The molecule has 19 heavy (non-hydrogen) atoms. The Hall–Kier alpha value is -0.650. The first kappa shape index (κ1) is 16.4. The van der Waals surface area contributed by atoms with Crippen LogP contribution in [-0.4, -0.2) is 79.5 Å². The van der Waals surface area contributed by atoms with Crippen molar-refractivity contribution < 1.29 is 4.79 Å². The summed E-state index contributed by atoms with van der Waals surface area (Å²) in [5, 5.41) is 0. The summed E-state index contributed by atoms with van der Waals surface area (Å²) >= 11 is 0. The summed E-state index contributed by atoms with van der Waals surface area (Å²) in [5.41, 5.74) is 5.83. The Kier molecular flexibility index (Phi) is 7.34. The van der Waals surface area contributed by atoms with E-state index in [1.807, 2.05) is 4.90 Å². The van der Waals surface area contributed by atoms with Crippen molar-refractivity contribution in [2.75, 3.05) is 52.9 Å². The van der Waals surface area contributed by atoms with Crippen molar-refractivity contribution >= 4 is 5.91 Å². The average molecular weight is 270 g/mol. The summed E-state index contributed by atoms with van der Waals surface area (Å²) in [6.45, 7) is 10.0. The van der Waals surface area contributed by atoms with E-state index in [1.54, 1.807) is 0 Å². The SMILES string of the molecule is CCCN(CCC)C(=O)CN1CCN(C)CC1CN. The maximum absolute atomic E-state index is 12.4. The Morgan fingerprint density at radius 3 is 2.42 bits per heavy atom. The molecular weight excluding hydrogens is 240 g/mol. The van der Waals surface area contributed by atoms with Gasteiger partial charge in [-0.2, -0.15) is 0 Å².